The smallest absolute Gasteiger partial charge is 0.339 e. The Morgan fingerprint density at radius 2 is 1.94 bits per heavy atom. The lowest BCUT2D eigenvalue weighted by atomic mass is 10.1. The fraction of sp³-hybridized carbons (Fsp3) is 0. The molecule has 0 saturated carbocycles. The molecule has 3 aromatic rings. The Hall–Kier alpha value is -2.00. The van der Waals surface area contributed by atoms with E-state index in [0.29, 0.717) is 16.0 Å². The van der Waals surface area contributed by atoms with Gasteiger partial charge in [-0.25, -0.2) is 4.79 Å². The maximum absolute atomic E-state index is 11.1. The predicted octanol–water partition coefficient (Wildman–Crippen LogP) is 3.31. The van der Waals surface area contributed by atoms with Gasteiger partial charge in [0, 0.05) is 5.02 Å². The Morgan fingerprint density at radius 1 is 1.12 bits per heavy atom. The molecule has 0 spiro atoms. The van der Waals surface area contributed by atoms with Gasteiger partial charge < -0.3 is 9.52 Å². The van der Waals surface area contributed by atoms with Crippen LogP contribution in [0, 0.1) is 0 Å². The molecule has 4 heteroatoms. The van der Waals surface area contributed by atoms with Gasteiger partial charge in [0.1, 0.15) is 11.3 Å². The van der Waals surface area contributed by atoms with Crippen molar-refractivity contribution in [3.63, 3.8) is 0 Å². The van der Waals surface area contributed by atoms with Gasteiger partial charge in [0.2, 0.25) is 0 Å². The lowest BCUT2D eigenvalue weighted by Gasteiger charge is -2.04. The first-order chi connectivity index (χ1) is 8.15. The minimum Gasteiger partial charge on any atom is -0.507 e. The van der Waals surface area contributed by atoms with E-state index in [2.05, 4.69) is 0 Å². The number of rotatable bonds is 0. The summed E-state index contributed by atoms with van der Waals surface area (Å²) >= 11 is 5.90. The maximum atomic E-state index is 11.1. The second-order valence-corrected chi connectivity index (χ2v) is 4.19. The number of hydrogen-bond acceptors (Lipinski definition) is 3. The largest absolute Gasteiger partial charge is 0.507 e. The number of benzene rings is 2. The van der Waals surface area contributed by atoms with Crippen LogP contribution >= 0.6 is 11.6 Å². The van der Waals surface area contributed by atoms with Crippen LogP contribution in [0.25, 0.3) is 21.7 Å². The molecule has 0 radical (unpaired) electrons. The molecule has 0 unspecified atom stereocenters. The van der Waals surface area contributed by atoms with E-state index < -0.39 is 5.63 Å². The molecule has 0 fully saturated rings. The van der Waals surface area contributed by atoms with Crippen molar-refractivity contribution in [3.05, 3.63) is 51.8 Å². The topological polar surface area (TPSA) is 50.4 Å². The van der Waals surface area contributed by atoms with Crippen LogP contribution in [0.2, 0.25) is 5.02 Å². The SMILES string of the molecule is O=c1cc(O)c2c(ccc3cc(Cl)ccc32)o1. The molecule has 0 saturated heterocycles. The number of fused-ring (bicyclic) bond motifs is 3. The van der Waals surface area contributed by atoms with Crippen molar-refractivity contribution in [2.75, 3.05) is 0 Å². The summed E-state index contributed by atoms with van der Waals surface area (Å²) in [5.41, 5.74) is -0.201. The van der Waals surface area contributed by atoms with Gasteiger partial charge in [-0.2, -0.15) is 0 Å². The molecule has 1 aromatic heterocycles. The molecule has 2 aromatic carbocycles. The van der Waals surface area contributed by atoms with Crippen LogP contribution < -0.4 is 5.63 Å². The first-order valence-corrected chi connectivity index (χ1v) is 5.38. The highest BCUT2D eigenvalue weighted by atomic mass is 35.5. The Morgan fingerprint density at radius 3 is 2.76 bits per heavy atom. The lowest BCUT2D eigenvalue weighted by molar-refractivity contribution is 0.468. The van der Waals surface area contributed by atoms with Gasteiger partial charge >= 0.3 is 5.63 Å². The Kier molecular flexibility index (Phi) is 2.09. The van der Waals surface area contributed by atoms with E-state index in [-0.39, 0.29) is 5.75 Å². The summed E-state index contributed by atoms with van der Waals surface area (Å²) in [6.45, 7) is 0. The second kappa shape index (κ2) is 3.50. The van der Waals surface area contributed by atoms with Crippen molar-refractivity contribution in [2.45, 2.75) is 0 Å². The van der Waals surface area contributed by atoms with E-state index in [1.165, 1.54) is 0 Å². The molecule has 0 bridgehead atoms. The molecule has 0 amide bonds. The van der Waals surface area contributed by atoms with Gasteiger partial charge in [0.15, 0.2) is 0 Å². The monoisotopic (exact) mass is 246 g/mol. The number of halogens is 1. The number of aromatic hydroxyl groups is 1. The highest BCUT2D eigenvalue weighted by Gasteiger charge is 2.08. The minimum atomic E-state index is -0.566. The normalized spacial score (nSPS) is 11.1. The molecule has 3 nitrogen and oxygen atoms in total. The predicted molar refractivity (Wildman–Crippen MR) is 66.7 cm³/mol. The van der Waals surface area contributed by atoms with Crippen LogP contribution in [0.4, 0.5) is 0 Å². The van der Waals surface area contributed by atoms with Crippen molar-refractivity contribution in [1.82, 2.24) is 0 Å². The first-order valence-electron chi connectivity index (χ1n) is 5.00. The third-order valence-electron chi connectivity index (χ3n) is 2.66. The quantitative estimate of drug-likeness (QED) is 0.489. The van der Waals surface area contributed by atoms with Crippen molar-refractivity contribution in [1.29, 1.82) is 0 Å². The zero-order valence-electron chi connectivity index (χ0n) is 8.61. The summed E-state index contributed by atoms with van der Waals surface area (Å²) in [5.74, 6) is -0.0795. The van der Waals surface area contributed by atoms with Crippen LogP contribution in [0.5, 0.6) is 5.75 Å². The summed E-state index contributed by atoms with van der Waals surface area (Å²) in [6.07, 6.45) is 0. The standard InChI is InChI=1S/C13H7ClO3/c14-8-2-3-9-7(5-8)1-4-11-13(9)10(15)6-12(16)17-11/h1-6,15H. The van der Waals surface area contributed by atoms with Gasteiger partial charge in [-0.05, 0) is 29.0 Å². The van der Waals surface area contributed by atoms with Crippen LogP contribution in [-0.4, -0.2) is 5.11 Å². The van der Waals surface area contributed by atoms with Crippen LogP contribution in [0.3, 0.4) is 0 Å². The average Bonchev–Trinajstić information content (AvgIpc) is 2.28. The first kappa shape index (κ1) is 10.2. The zero-order chi connectivity index (χ0) is 12.0. The average molecular weight is 247 g/mol. The Labute approximate surface area is 101 Å². The molecule has 1 heterocycles. The van der Waals surface area contributed by atoms with E-state index in [0.717, 1.165) is 16.8 Å². The van der Waals surface area contributed by atoms with E-state index in [1.54, 1.807) is 30.3 Å². The summed E-state index contributed by atoms with van der Waals surface area (Å²) in [7, 11) is 0. The molecule has 0 aliphatic heterocycles. The van der Waals surface area contributed by atoms with E-state index in [4.69, 9.17) is 16.0 Å². The van der Waals surface area contributed by atoms with Crippen molar-refractivity contribution in [2.24, 2.45) is 0 Å². The molecule has 17 heavy (non-hydrogen) atoms. The maximum Gasteiger partial charge on any atom is 0.339 e. The van der Waals surface area contributed by atoms with E-state index in [9.17, 15) is 9.90 Å². The van der Waals surface area contributed by atoms with Gasteiger partial charge in [0.05, 0.1) is 11.5 Å². The minimum absolute atomic E-state index is 0.0795. The molecular formula is C13H7ClO3. The van der Waals surface area contributed by atoms with Crippen molar-refractivity contribution >= 4 is 33.3 Å². The molecule has 84 valence electrons. The van der Waals surface area contributed by atoms with Gasteiger partial charge in [-0.3, -0.25) is 0 Å². The summed E-state index contributed by atoms with van der Waals surface area (Å²) < 4.78 is 5.03. The van der Waals surface area contributed by atoms with Crippen molar-refractivity contribution in [3.8, 4) is 5.75 Å². The lowest BCUT2D eigenvalue weighted by Crippen LogP contribution is -1.95. The van der Waals surface area contributed by atoms with E-state index in [1.807, 2.05) is 0 Å². The third-order valence-corrected chi connectivity index (χ3v) is 2.90. The second-order valence-electron chi connectivity index (χ2n) is 3.75. The van der Waals surface area contributed by atoms with Gasteiger partial charge in [-0.1, -0.05) is 23.7 Å². The molecule has 0 aliphatic carbocycles. The van der Waals surface area contributed by atoms with Gasteiger partial charge in [0.25, 0.3) is 0 Å². The van der Waals surface area contributed by atoms with Crippen molar-refractivity contribution < 1.29 is 9.52 Å². The molecular weight excluding hydrogens is 240 g/mol. The Bertz CT molecular complexity index is 790. The highest BCUT2D eigenvalue weighted by Crippen LogP contribution is 2.32. The van der Waals surface area contributed by atoms with Crippen LogP contribution in [0.15, 0.2) is 45.6 Å². The van der Waals surface area contributed by atoms with Gasteiger partial charge in [-0.15, -0.1) is 0 Å². The molecule has 0 aliphatic rings. The summed E-state index contributed by atoms with van der Waals surface area (Å²) in [6, 6.07) is 9.83. The third kappa shape index (κ3) is 1.56. The van der Waals surface area contributed by atoms with Crippen LogP contribution in [0.1, 0.15) is 0 Å². The zero-order valence-corrected chi connectivity index (χ0v) is 9.36. The summed E-state index contributed by atoms with van der Waals surface area (Å²) in [4.78, 5) is 11.1. The Balaban J connectivity index is 2.60. The molecule has 3 rings (SSSR count). The summed E-state index contributed by atoms with van der Waals surface area (Å²) in [5, 5.41) is 12.7. The van der Waals surface area contributed by atoms with E-state index >= 15 is 0 Å². The molecule has 0 atom stereocenters. The molecule has 1 N–H and O–H groups in total. The van der Waals surface area contributed by atoms with Crippen LogP contribution in [-0.2, 0) is 0 Å². The fourth-order valence-electron chi connectivity index (χ4n) is 1.95. The highest BCUT2D eigenvalue weighted by molar-refractivity contribution is 6.31. The number of hydrogen-bond donors (Lipinski definition) is 1. The fourth-order valence-corrected chi connectivity index (χ4v) is 2.13.